The number of carbonyl (C=O) groups is 1. The second-order valence-corrected chi connectivity index (χ2v) is 8.53. The van der Waals surface area contributed by atoms with Crippen LogP contribution < -0.4 is 0 Å². The third kappa shape index (κ3) is 3.16. The first kappa shape index (κ1) is 16.5. The first-order valence-corrected chi connectivity index (χ1v) is 8.74. The Labute approximate surface area is 139 Å². The lowest BCUT2D eigenvalue weighted by atomic mass is 10.1. The van der Waals surface area contributed by atoms with E-state index in [4.69, 9.17) is 5.10 Å². The van der Waals surface area contributed by atoms with E-state index in [2.05, 4.69) is 51.4 Å². The van der Waals surface area contributed by atoms with Crippen LogP contribution in [0.5, 0.6) is 0 Å². The number of amides is 1. The summed E-state index contributed by atoms with van der Waals surface area (Å²) < 4.78 is 2.07. The highest BCUT2D eigenvalue weighted by molar-refractivity contribution is 5.92. The Morgan fingerprint density at radius 2 is 1.91 bits per heavy atom. The zero-order chi connectivity index (χ0) is 16.9. The topological polar surface area (TPSA) is 41.4 Å². The number of hydrogen-bond donors (Lipinski definition) is 0. The van der Waals surface area contributed by atoms with Crippen molar-refractivity contribution in [3.05, 3.63) is 17.5 Å². The molecule has 5 nitrogen and oxygen atoms in total. The molecule has 1 aliphatic heterocycles. The molecule has 2 atom stereocenters. The molecule has 1 amide bonds. The molecule has 1 saturated carbocycles. The first-order valence-electron chi connectivity index (χ1n) is 8.74. The minimum Gasteiger partial charge on any atom is -0.335 e. The smallest absolute Gasteiger partial charge is 0.274 e. The van der Waals surface area contributed by atoms with Crippen LogP contribution >= 0.6 is 0 Å². The van der Waals surface area contributed by atoms with E-state index in [0.29, 0.717) is 23.6 Å². The van der Waals surface area contributed by atoms with Crippen molar-refractivity contribution in [2.45, 2.75) is 58.0 Å². The molecule has 1 aliphatic carbocycles. The molecule has 23 heavy (non-hydrogen) atoms. The molecule has 1 saturated heterocycles. The van der Waals surface area contributed by atoms with Crippen LogP contribution in [0.3, 0.4) is 0 Å². The van der Waals surface area contributed by atoms with Crippen molar-refractivity contribution in [2.24, 2.45) is 5.92 Å². The van der Waals surface area contributed by atoms with Crippen LogP contribution in [0, 0.1) is 5.92 Å². The third-order valence-corrected chi connectivity index (χ3v) is 5.11. The predicted molar refractivity (Wildman–Crippen MR) is 91.7 cm³/mol. The van der Waals surface area contributed by atoms with Crippen molar-refractivity contribution in [1.29, 1.82) is 0 Å². The average Bonchev–Trinajstić information content (AvgIpc) is 3.05. The van der Waals surface area contributed by atoms with Gasteiger partial charge in [-0.3, -0.25) is 9.48 Å². The van der Waals surface area contributed by atoms with E-state index in [0.717, 1.165) is 13.1 Å². The highest BCUT2D eigenvalue weighted by atomic mass is 16.2. The van der Waals surface area contributed by atoms with Crippen molar-refractivity contribution in [2.75, 3.05) is 27.2 Å². The summed E-state index contributed by atoms with van der Waals surface area (Å²) in [6, 6.07) is 2.48. The van der Waals surface area contributed by atoms with E-state index in [9.17, 15) is 4.79 Å². The van der Waals surface area contributed by atoms with Crippen molar-refractivity contribution < 1.29 is 4.79 Å². The fraction of sp³-hybridized carbons (Fsp3) is 0.778. The number of hydrogen-bond acceptors (Lipinski definition) is 3. The van der Waals surface area contributed by atoms with Gasteiger partial charge in [-0.2, -0.15) is 5.10 Å². The molecule has 2 aliphatic rings. The van der Waals surface area contributed by atoms with E-state index in [1.807, 2.05) is 11.0 Å². The van der Waals surface area contributed by atoms with Crippen molar-refractivity contribution in [3.8, 4) is 0 Å². The van der Waals surface area contributed by atoms with Gasteiger partial charge in [-0.15, -0.1) is 0 Å². The summed E-state index contributed by atoms with van der Waals surface area (Å²) in [5.74, 6) is 1.18. The molecule has 1 aromatic heterocycles. The number of aromatic nitrogens is 2. The van der Waals surface area contributed by atoms with Crippen molar-refractivity contribution in [3.63, 3.8) is 0 Å². The highest BCUT2D eigenvalue weighted by Gasteiger charge is 2.37. The largest absolute Gasteiger partial charge is 0.335 e. The van der Waals surface area contributed by atoms with E-state index < -0.39 is 0 Å². The van der Waals surface area contributed by atoms with Crippen LogP contribution in [0.1, 0.15) is 62.6 Å². The van der Waals surface area contributed by atoms with Crippen molar-refractivity contribution >= 4 is 5.91 Å². The maximum atomic E-state index is 12.9. The molecule has 0 radical (unpaired) electrons. The summed E-state index contributed by atoms with van der Waals surface area (Å²) in [4.78, 5) is 17.1. The van der Waals surface area contributed by atoms with Gasteiger partial charge in [0, 0.05) is 30.7 Å². The number of carbonyl (C=O) groups excluding carboxylic acids is 1. The Hall–Kier alpha value is -1.36. The Morgan fingerprint density at radius 3 is 2.39 bits per heavy atom. The standard InChI is InChI=1S/C18H30N4O/c1-12-10-21(11-16(12)20(5)6)17(23)14-9-15(13-7-8-13)22(19-14)18(2,3)4/h9,12-13,16H,7-8,10-11H2,1-6H3/t12-,16-/m1/s1. The fourth-order valence-electron chi connectivity index (χ4n) is 3.66. The maximum absolute atomic E-state index is 12.9. The highest BCUT2D eigenvalue weighted by Crippen LogP contribution is 2.42. The van der Waals surface area contributed by atoms with Crippen LogP contribution in [0.15, 0.2) is 6.07 Å². The minimum atomic E-state index is -0.0824. The molecular formula is C18H30N4O. The van der Waals surface area contributed by atoms with E-state index in [-0.39, 0.29) is 11.4 Å². The lowest BCUT2D eigenvalue weighted by Crippen LogP contribution is -2.36. The SMILES string of the molecule is C[C@@H]1CN(C(=O)c2cc(C3CC3)n(C(C)(C)C)n2)C[C@H]1N(C)C. The Bertz CT molecular complexity index is 595. The van der Waals surface area contributed by atoms with Gasteiger partial charge in [0.2, 0.25) is 0 Å². The van der Waals surface area contributed by atoms with E-state index >= 15 is 0 Å². The summed E-state index contributed by atoms with van der Waals surface area (Å²) in [6.07, 6.45) is 2.44. The quantitative estimate of drug-likeness (QED) is 0.860. The predicted octanol–water partition coefficient (Wildman–Crippen LogP) is 2.54. The van der Waals surface area contributed by atoms with Crippen LogP contribution in [-0.4, -0.2) is 58.7 Å². The Kier molecular flexibility index (Phi) is 4.03. The molecule has 3 rings (SSSR count). The normalized spacial score (nSPS) is 25.4. The summed E-state index contributed by atoms with van der Waals surface area (Å²) in [5.41, 5.74) is 1.77. The Balaban J connectivity index is 1.83. The van der Waals surface area contributed by atoms with Gasteiger partial charge in [-0.25, -0.2) is 0 Å². The minimum absolute atomic E-state index is 0.0824. The van der Waals surface area contributed by atoms with E-state index in [1.165, 1.54) is 18.5 Å². The molecular weight excluding hydrogens is 288 g/mol. The van der Waals surface area contributed by atoms with Gasteiger partial charge in [-0.1, -0.05) is 6.92 Å². The second-order valence-electron chi connectivity index (χ2n) is 8.53. The van der Waals surface area contributed by atoms with Gasteiger partial charge in [0.05, 0.1) is 5.54 Å². The fourth-order valence-corrected chi connectivity index (χ4v) is 3.66. The summed E-state index contributed by atoms with van der Waals surface area (Å²) in [5, 5.41) is 4.69. The molecule has 5 heteroatoms. The molecule has 2 heterocycles. The zero-order valence-electron chi connectivity index (χ0n) is 15.3. The summed E-state index contributed by atoms with van der Waals surface area (Å²) in [7, 11) is 4.18. The van der Waals surface area contributed by atoms with Gasteiger partial charge in [0.15, 0.2) is 5.69 Å². The lowest BCUT2D eigenvalue weighted by molar-refractivity contribution is 0.0774. The van der Waals surface area contributed by atoms with Crippen LogP contribution in [0.25, 0.3) is 0 Å². The van der Waals surface area contributed by atoms with Gasteiger partial charge >= 0.3 is 0 Å². The molecule has 0 bridgehead atoms. The molecule has 0 aromatic carbocycles. The Morgan fingerprint density at radius 1 is 1.26 bits per heavy atom. The molecule has 0 N–H and O–H groups in total. The van der Waals surface area contributed by atoms with Crippen LogP contribution in [0.2, 0.25) is 0 Å². The first-order chi connectivity index (χ1) is 10.7. The molecule has 0 unspecified atom stereocenters. The summed E-state index contributed by atoms with van der Waals surface area (Å²) >= 11 is 0. The molecule has 0 spiro atoms. The zero-order valence-corrected chi connectivity index (χ0v) is 15.3. The molecule has 2 fully saturated rings. The third-order valence-electron chi connectivity index (χ3n) is 5.11. The molecule has 1 aromatic rings. The number of likely N-dealkylation sites (tertiary alicyclic amines) is 1. The van der Waals surface area contributed by atoms with Gasteiger partial charge < -0.3 is 9.80 Å². The summed E-state index contributed by atoms with van der Waals surface area (Å²) in [6.45, 7) is 10.3. The van der Waals surface area contributed by atoms with Gasteiger partial charge in [-0.05, 0) is 59.7 Å². The van der Waals surface area contributed by atoms with Gasteiger partial charge in [0.1, 0.15) is 0 Å². The maximum Gasteiger partial charge on any atom is 0.274 e. The van der Waals surface area contributed by atoms with Gasteiger partial charge in [0.25, 0.3) is 5.91 Å². The number of nitrogens with zero attached hydrogens (tertiary/aromatic N) is 4. The molecule has 128 valence electrons. The lowest BCUT2D eigenvalue weighted by Gasteiger charge is -2.22. The number of likely N-dealkylation sites (N-methyl/N-ethyl adjacent to an activating group) is 1. The second kappa shape index (κ2) is 5.62. The van der Waals surface area contributed by atoms with Crippen molar-refractivity contribution in [1.82, 2.24) is 19.6 Å². The van der Waals surface area contributed by atoms with Crippen LogP contribution in [-0.2, 0) is 5.54 Å². The van der Waals surface area contributed by atoms with Crippen LogP contribution in [0.4, 0.5) is 0 Å². The monoisotopic (exact) mass is 318 g/mol. The average molecular weight is 318 g/mol. The number of rotatable bonds is 3. The van der Waals surface area contributed by atoms with E-state index in [1.54, 1.807) is 0 Å².